The normalized spacial score (nSPS) is 20.5. The molecule has 1 fully saturated rings. The molecule has 0 amide bonds. The van der Waals surface area contributed by atoms with Crippen LogP contribution >= 0.6 is 0 Å². The van der Waals surface area contributed by atoms with Gasteiger partial charge in [-0.05, 0) is 37.5 Å². The molecule has 6 nitrogen and oxygen atoms in total. The van der Waals surface area contributed by atoms with Crippen molar-refractivity contribution < 1.29 is 4.74 Å². The Bertz CT molecular complexity index is 986. The zero-order valence-electron chi connectivity index (χ0n) is 15.4. The van der Waals surface area contributed by atoms with E-state index in [4.69, 9.17) is 10.5 Å². The van der Waals surface area contributed by atoms with Crippen molar-refractivity contribution in [3.05, 3.63) is 71.3 Å². The van der Waals surface area contributed by atoms with Crippen LogP contribution in [0.2, 0.25) is 0 Å². The maximum Gasteiger partial charge on any atom is 0.205 e. The Morgan fingerprint density at radius 1 is 1.33 bits per heavy atom. The molecule has 0 bridgehead atoms. The fourth-order valence-electron chi connectivity index (χ4n) is 3.68. The lowest BCUT2D eigenvalue weighted by Gasteiger charge is -2.29. The summed E-state index contributed by atoms with van der Waals surface area (Å²) in [7, 11) is 1.81. The Hall–Kier alpha value is -3.33. The summed E-state index contributed by atoms with van der Waals surface area (Å²) in [6.07, 6.45) is 7.64. The molecule has 6 heteroatoms. The Morgan fingerprint density at radius 2 is 2.07 bits per heavy atom. The predicted octanol–water partition coefficient (Wildman–Crippen LogP) is 3.43. The molecule has 1 aromatic heterocycles. The molecule has 2 heterocycles. The predicted molar refractivity (Wildman–Crippen MR) is 103 cm³/mol. The third kappa shape index (κ3) is 3.02. The molecule has 136 valence electrons. The van der Waals surface area contributed by atoms with Crippen molar-refractivity contribution in [3.63, 3.8) is 0 Å². The summed E-state index contributed by atoms with van der Waals surface area (Å²) >= 11 is 0. The number of ether oxygens (including phenoxy) is 1. The van der Waals surface area contributed by atoms with Gasteiger partial charge in [-0.3, -0.25) is 4.99 Å². The third-order valence-electron chi connectivity index (χ3n) is 5.12. The van der Waals surface area contributed by atoms with Crippen LogP contribution in [0.1, 0.15) is 31.2 Å². The Kier molecular flexibility index (Phi) is 4.28. The standard InChI is InChI=1S/C21H21N5O/c1-13-18(20(24-2)15-3-4-15)19(17(11-22)21(23)27-13)14-5-7-16(8-6-14)26-10-9-25-12-26/h5-10,12,15,19H,3-4,23H2,1-2H3. The SMILES string of the molecule is CN=C(C1=C(C)OC(N)=C(C#N)C1c1ccc(-n2ccnc2)cc1)C1CC1. The minimum atomic E-state index is -0.264. The number of allylic oxidation sites excluding steroid dienone is 3. The van der Waals surface area contributed by atoms with Gasteiger partial charge in [0.25, 0.3) is 0 Å². The summed E-state index contributed by atoms with van der Waals surface area (Å²) in [5.74, 6) is 1.08. The largest absolute Gasteiger partial charge is 0.445 e. The molecule has 27 heavy (non-hydrogen) atoms. The molecule has 1 atom stereocenters. The van der Waals surface area contributed by atoms with Gasteiger partial charge in [-0.25, -0.2) is 4.98 Å². The molecular weight excluding hydrogens is 338 g/mol. The molecule has 1 aliphatic carbocycles. The topological polar surface area (TPSA) is 89.2 Å². The van der Waals surface area contributed by atoms with Crippen LogP contribution in [0.25, 0.3) is 5.69 Å². The van der Waals surface area contributed by atoms with Gasteiger partial charge in [0.15, 0.2) is 0 Å². The number of benzene rings is 1. The number of hydrogen-bond donors (Lipinski definition) is 1. The van der Waals surface area contributed by atoms with E-state index >= 15 is 0 Å². The summed E-state index contributed by atoms with van der Waals surface area (Å²) in [5.41, 5.74) is 10.5. The number of imidazole rings is 1. The maximum absolute atomic E-state index is 9.77. The number of rotatable bonds is 4. The number of nitrogens with two attached hydrogens (primary N) is 1. The molecule has 4 rings (SSSR count). The summed E-state index contributed by atoms with van der Waals surface area (Å²) in [4.78, 5) is 8.63. The molecule has 2 aliphatic rings. The molecular formula is C21H21N5O. The highest BCUT2D eigenvalue weighted by molar-refractivity contribution is 6.05. The minimum Gasteiger partial charge on any atom is -0.445 e. The van der Waals surface area contributed by atoms with E-state index in [9.17, 15) is 5.26 Å². The van der Waals surface area contributed by atoms with E-state index in [2.05, 4.69) is 16.0 Å². The third-order valence-corrected chi connectivity index (χ3v) is 5.12. The van der Waals surface area contributed by atoms with E-state index in [1.54, 1.807) is 19.6 Å². The van der Waals surface area contributed by atoms with Gasteiger partial charge in [-0.1, -0.05) is 12.1 Å². The fourth-order valence-corrected chi connectivity index (χ4v) is 3.68. The lowest BCUT2D eigenvalue weighted by molar-refractivity contribution is 0.283. The van der Waals surface area contributed by atoms with Crippen molar-refractivity contribution in [1.29, 1.82) is 5.26 Å². The van der Waals surface area contributed by atoms with Crippen molar-refractivity contribution in [2.75, 3.05) is 7.05 Å². The van der Waals surface area contributed by atoms with Gasteiger partial charge < -0.3 is 15.0 Å². The minimum absolute atomic E-state index is 0.175. The second-order valence-corrected chi connectivity index (χ2v) is 6.84. The number of hydrogen-bond acceptors (Lipinski definition) is 5. The first-order valence-electron chi connectivity index (χ1n) is 8.97. The Labute approximate surface area is 158 Å². The average Bonchev–Trinajstić information content (AvgIpc) is 3.36. The van der Waals surface area contributed by atoms with Crippen LogP contribution in [-0.2, 0) is 4.74 Å². The molecule has 1 aliphatic heterocycles. The van der Waals surface area contributed by atoms with E-state index in [1.165, 1.54) is 0 Å². The number of nitriles is 1. The van der Waals surface area contributed by atoms with E-state index in [0.717, 1.165) is 41.1 Å². The summed E-state index contributed by atoms with van der Waals surface area (Å²) in [6.45, 7) is 1.90. The van der Waals surface area contributed by atoms with Gasteiger partial charge in [-0.15, -0.1) is 0 Å². The van der Waals surface area contributed by atoms with Crippen LogP contribution in [-0.4, -0.2) is 22.3 Å². The van der Waals surface area contributed by atoms with Gasteiger partial charge in [0.2, 0.25) is 5.88 Å². The van der Waals surface area contributed by atoms with Gasteiger partial charge in [0.1, 0.15) is 17.4 Å². The van der Waals surface area contributed by atoms with Gasteiger partial charge in [-0.2, -0.15) is 5.26 Å². The monoisotopic (exact) mass is 359 g/mol. The van der Waals surface area contributed by atoms with Crippen LogP contribution in [0.5, 0.6) is 0 Å². The van der Waals surface area contributed by atoms with E-state index in [1.807, 2.05) is 42.0 Å². The number of aromatic nitrogens is 2. The summed E-state index contributed by atoms with van der Waals surface area (Å²) < 4.78 is 7.66. The average molecular weight is 359 g/mol. The molecule has 2 N–H and O–H groups in total. The lowest BCUT2D eigenvalue weighted by Crippen LogP contribution is -2.25. The summed E-state index contributed by atoms with van der Waals surface area (Å²) in [5, 5.41) is 9.77. The smallest absolute Gasteiger partial charge is 0.205 e. The summed E-state index contributed by atoms with van der Waals surface area (Å²) in [6, 6.07) is 10.4. The first-order chi connectivity index (χ1) is 13.1. The zero-order valence-corrected chi connectivity index (χ0v) is 15.4. The Balaban J connectivity index is 1.80. The highest BCUT2D eigenvalue weighted by atomic mass is 16.5. The first-order valence-corrected chi connectivity index (χ1v) is 8.97. The second-order valence-electron chi connectivity index (χ2n) is 6.84. The van der Waals surface area contributed by atoms with Crippen LogP contribution in [0.15, 0.2) is 70.8 Å². The van der Waals surface area contributed by atoms with E-state index in [0.29, 0.717) is 11.5 Å². The molecule has 0 saturated heterocycles. The molecule has 1 aromatic carbocycles. The van der Waals surface area contributed by atoms with Crippen molar-refractivity contribution in [2.24, 2.45) is 16.6 Å². The lowest BCUT2D eigenvalue weighted by atomic mass is 9.80. The quantitative estimate of drug-likeness (QED) is 0.847. The van der Waals surface area contributed by atoms with Crippen LogP contribution in [0, 0.1) is 17.2 Å². The van der Waals surface area contributed by atoms with Crippen LogP contribution < -0.4 is 5.73 Å². The van der Waals surface area contributed by atoms with Crippen molar-refractivity contribution >= 4 is 5.71 Å². The van der Waals surface area contributed by atoms with Gasteiger partial charge in [0.05, 0.1) is 12.2 Å². The van der Waals surface area contributed by atoms with Gasteiger partial charge >= 0.3 is 0 Å². The Morgan fingerprint density at radius 3 is 2.63 bits per heavy atom. The van der Waals surface area contributed by atoms with E-state index in [-0.39, 0.29) is 11.8 Å². The molecule has 0 radical (unpaired) electrons. The van der Waals surface area contributed by atoms with Crippen molar-refractivity contribution in [3.8, 4) is 11.8 Å². The molecule has 2 aromatic rings. The van der Waals surface area contributed by atoms with E-state index < -0.39 is 0 Å². The highest BCUT2D eigenvalue weighted by Gasteiger charge is 2.39. The zero-order chi connectivity index (χ0) is 19.0. The molecule has 1 unspecified atom stereocenters. The van der Waals surface area contributed by atoms with Crippen LogP contribution in [0.4, 0.5) is 0 Å². The van der Waals surface area contributed by atoms with Crippen LogP contribution in [0.3, 0.4) is 0 Å². The highest BCUT2D eigenvalue weighted by Crippen LogP contribution is 2.44. The second kappa shape index (κ2) is 6.76. The fraction of sp³-hybridized carbons (Fsp3) is 0.286. The number of nitrogens with zero attached hydrogens (tertiary/aromatic N) is 4. The molecule has 0 spiro atoms. The maximum atomic E-state index is 9.77. The van der Waals surface area contributed by atoms with Crippen molar-refractivity contribution in [2.45, 2.75) is 25.7 Å². The van der Waals surface area contributed by atoms with Gasteiger partial charge in [0, 0.05) is 42.3 Å². The van der Waals surface area contributed by atoms with Crippen molar-refractivity contribution in [1.82, 2.24) is 9.55 Å². The number of aliphatic imine (C=N–C) groups is 1. The molecule has 1 saturated carbocycles. The first kappa shape index (κ1) is 17.1.